The van der Waals surface area contributed by atoms with Crippen molar-refractivity contribution in [1.29, 1.82) is 0 Å². The molecule has 0 bridgehead atoms. The van der Waals surface area contributed by atoms with E-state index < -0.39 is 34.5 Å². The topological polar surface area (TPSA) is 75.3 Å². The highest BCUT2D eigenvalue weighted by molar-refractivity contribution is 7.93. The van der Waals surface area contributed by atoms with Gasteiger partial charge in [-0.15, -0.1) is 0 Å². The maximum absolute atomic E-state index is 13.3. The number of rotatable bonds is 12. The lowest BCUT2D eigenvalue weighted by molar-refractivity contribution is -0.118. The molecule has 1 amide bonds. The van der Waals surface area contributed by atoms with Crippen LogP contribution in [0.4, 0.5) is 8.78 Å². The highest BCUT2D eigenvalue weighted by atomic mass is 32.2. The number of hydrogen-bond acceptors (Lipinski definition) is 3. The molecule has 2 N–H and O–H groups in total. The third kappa shape index (κ3) is 10.4. The van der Waals surface area contributed by atoms with Crippen LogP contribution in [0.25, 0.3) is 0 Å². The van der Waals surface area contributed by atoms with Gasteiger partial charge in [0.05, 0.1) is 4.91 Å². The van der Waals surface area contributed by atoms with Crippen LogP contribution in [0, 0.1) is 0 Å². The maximum Gasteiger partial charge on any atom is 0.247 e. The minimum Gasteiger partial charge on any atom is -0.349 e. The molecule has 8 heteroatoms. The number of carbonyl (C=O) groups excluding carboxylic acids is 1. The first kappa shape index (κ1) is 25.5. The van der Waals surface area contributed by atoms with Gasteiger partial charge in [-0.1, -0.05) is 25.8 Å². The van der Waals surface area contributed by atoms with E-state index in [0.717, 1.165) is 25.3 Å². The first-order valence-electron chi connectivity index (χ1n) is 9.15. The molecule has 0 saturated carbocycles. The van der Waals surface area contributed by atoms with Crippen molar-refractivity contribution in [3.8, 4) is 0 Å². The summed E-state index contributed by atoms with van der Waals surface area (Å²) in [7, 11) is -3.74. The van der Waals surface area contributed by atoms with E-state index in [4.69, 9.17) is 0 Å². The molecule has 0 aliphatic heterocycles. The predicted octanol–water partition coefficient (Wildman–Crippen LogP) is 4.05. The average molecular weight is 407 g/mol. The van der Waals surface area contributed by atoms with Gasteiger partial charge < -0.3 is 5.32 Å². The van der Waals surface area contributed by atoms with Crippen LogP contribution < -0.4 is 10.0 Å². The van der Waals surface area contributed by atoms with E-state index in [1.54, 1.807) is 20.8 Å². The molecule has 0 fully saturated rings. The number of halogens is 2. The number of unbranched alkanes of at least 4 members (excludes halogenated alkanes) is 1. The van der Waals surface area contributed by atoms with Crippen LogP contribution in [0.1, 0.15) is 60.3 Å². The van der Waals surface area contributed by atoms with E-state index in [2.05, 4.69) is 10.0 Å². The Hall–Kier alpha value is -1.54. The highest BCUT2D eigenvalue weighted by Gasteiger charge is 2.19. The van der Waals surface area contributed by atoms with E-state index in [1.165, 1.54) is 19.1 Å². The Morgan fingerprint density at radius 2 is 1.85 bits per heavy atom. The Balaban J connectivity index is 5.05. The summed E-state index contributed by atoms with van der Waals surface area (Å²) in [4.78, 5) is 12.2. The SMILES string of the molecule is C/C=C(\C=C(/C)C(=O)NC(C)C/C(F)=C\CF)S(=O)(=O)NC(C)CCCC. The summed E-state index contributed by atoms with van der Waals surface area (Å²) in [6, 6.07) is -0.765. The van der Waals surface area contributed by atoms with Gasteiger partial charge >= 0.3 is 0 Å². The molecule has 2 atom stereocenters. The van der Waals surface area contributed by atoms with E-state index in [9.17, 15) is 22.0 Å². The number of allylic oxidation sites excluding steroid dienone is 3. The molecule has 0 aromatic rings. The van der Waals surface area contributed by atoms with E-state index in [0.29, 0.717) is 0 Å². The summed E-state index contributed by atoms with van der Waals surface area (Å²) in [5.74, 6) is -1.15. The lowest BCUT2D eigenvalue weighted by Crippen LogP contribution is -2.34. The second-order valence-corrected chi connectivity index (χ2v) is 8.28. The minimum absolute atomic E-state index is 0.00495. The number of amides is 1. The Morgan fingerprint density at radius 3 is 2.37 bits per heavy atom. The first-order chi connectivity index (χ1) is 12.6. The number of sulfonamides is 1. The minimum atomic E-state index is -3.74. The Morgan fingerprint density at radius 1 is 1.22 bits per heavy atom. The van der Waals surface area contributed by atoms with Gasteiger partial charge in [0.25, 0.3) is 0 Å². The number of nitrogens with one attached hydrogen (secondary N) is 2. The summed E-state index contributed by atoms with van der Waals surface area (Å²) in [6.45, 7) is 7.56. The molecule has 0 aliphatic carbocycles. The fourth-order valence-corrected chi connectivity index (χ4v) is 3.77. The molecule has 27 heavy (non-hydrogen) atoms. The molecule has 5 nitrogen and oxygen atoms in total. The lowest BCUT2D eigenvalue weighted by atomic mass is 10.2. The fourth-order valence-electron chi connectivity index (χ4n) is 2.35. The predicted molar refractivity (Wildman–Crippen MR) is 106 cm³/mol. The summed E-state index contributed by atoms with van der Waals surface area (Å²) < 4.78 is 52.9. The number of hydrogen-bond donors (Lipinski definition) is 2. The highest BCUT2D eigenvalue weighted by Crippen LogP contribution is 2.13. The van der Waals surface area contributed by atoms with Crippen molar-refractivity contribution >= 4 is 15.9 Å². The molecule has 0 radical (unpaired) electrons. The molecule has 0 aliphatic rings. The van der Waals surface area contributed by atoms with Crippen molar-refractivity contribution in [3.05, 3.63) is 34.5 Å². The van der Waals surface area contributed by atoms with Gasteiger partial charge in [0.2, 0.25) is 15.9 Å². The van der Waals surface area contributed by atoms with Crippen LogP contribution in [-0.4, -0.2) is 33.1 Å². The second kappa shape index (κ2) is 12.8. The van der Waals surface area contributed by atoms with Crippen molar-refractivity contribution in [2.24, 2.45) is 0 Å². The molecule has 0 spiro atoms. The van der Waals surface area contributed by atoms with E-state index in [-0.39, 0.29) is 22.9 Å². The molecular formula is C19H32F2N2O3S. The van der Waals surface area contributed by atoms with Crippen LogP contribution in [-0.2, 0) is 14.8 Å². The van der Waals surface area contributed by atoms with E-state index >= 15 is 0 Å². The summed E-state index contributed by atoms with van der Waals surface area (Å²) in [5, 5.41) is 2.57. The van der Waals surface area contributed by atoms with Crippen molar-refractivity contribution in [3.63, 3.8) is 0 Å². The molecule has 0 aromatic carbocycles. The van der Waals surface area contributed by atoms with Gasteiger partial charge in [0.1, 0.15) is 12.5 Å². The van der Waals surface area contributed by atoms with Gasteiger partial charge in [0.15, 0.2) is 0 Å². The van der Waals surface area contributed by atoms with Crippen LogP contribution >= 0.6 is 0 Å². The van der Waals surface area contributed by atoms with Crippen molar-refractivity contribution < 1.29 is 22.0 Å². The second-order valence-electron chi connectivity index (χ2n) is 6.57. The third-order valence-electron chi connectivity index (χ3n) is 3.84. The van der Waals surface area contributed by atoms with Crippen LogP contribution in [0.5, 0.6) is 0 Å². The smallest absolute Gasteiger partial charge is 0.247 e. The zero-order valence-corrected chi connectivity index (χ0v) is 17.6. The normalized spacial score (nSPS) is 16.2. The molecule has 2 unspecified atom stereocenters. The molecule has 0 rings (SSSR count). The third-order valence-corrected chi connectivity index (χ3v) is 5.52. The Labute approximate surface area is 162 Å². The van der Waals surface area contributed by atoms with Crippen molar-refractivity contribution in [2.45, 2.75) is 72.4 Å². The fraction of sp³-hybridized carbons (Fsp3) is 0.632. The molecule has 0 heterocycles. The van der Waals surface area contributed by atoms with Gasteiger partial charge in [-0.05, 0) is 46.3 Å². The van der Waals surface area contributed by atoms with Gasteiger partial charge in [-0.25, -0.2) is 21.9 Å². The lowest BCUT2D eigenvalue weighted by Gasteiger charge is -2.16. The van der Waals surface area contributed by atoms with Gasteiger partial charge in [-0.3, -0.25) is 4.79 Å². The number of alkyl halides is 1. The zero-order chi connectivity index (χ0) is 21.0. The summed E-state index contributed by atoms with van der Waals surface area (Å²) in [6.07, 6.45) is 5.99. The zero-order valence-electron chi connectivity index (χ0n) is 16.8. The summed E-state index contributed by atoms with van der Waals surface area (Å²) in [5.41, 5.74) is 0.177. The standard InChI is InChI=1S/C19H32F2N2O3S/c1-6-8-9-15(4)23-27(25,26)18(7-2)12-14(3)19(24)22-16(5)13-17(21)10-11-20/h7,10,12,15-16,23H,6,8-9,11,13H2,1-5H3,(H,22,24)/b14-12+,17-10+,18-7+. The number of carbonyl (C=O) groups is 1. The summed E-state index contributed by atoms with van der Waals surface area (Å²) >= 11 is 0. The monoisotopic (exact) mass is 406 g/mol. The molecule has 0 saturated heterocycles. The van der Waals surface area contributed by atoms with Crippen molar-refractivity contribution in [1.82, 2.24) is 10.0 Å². The maximum atomic E-state index is 13.3. The Kier molecular flexibility index (Phi) is 12.0. The van der Waals surface area contributed by atoms with Crippen LogP contribution in [0.15, 0.2) is 34.5 Å². The van der Waals surface area contributed by atoms with Crippen LogP contribution in [0.2, 0.25) is 0 Å². The molecule has 156 valence electrons. The van der Waals surface area contributed by atoms with Crippen LogP contribution in [0.3, 0.4) is 0 Å². The Bertz CT molecular complexity index is 670. The van der Waals surface area contributed by atoms with Gasteiger partial charge in [0, 0.05) is 24.1 Å². The molecular weight excluding hydrogens is 374 g/mol. The quantitative estimate of drug-likeness (QED) is 0.379. The average Bonchev–Trinajstić information content (AvgIpc) is 2.56. The first-order valence-corrected chi connectivity index (χ1v) is 10.6. The largest absolute Gasteiger partial charge is 0.349 e. The van der Waals surface area contributed by atoms with E-state index in [1.807, 2.05) is 6.92 Å². The van der Waals surface area contributed by atoms with Crippen molar-refractivity contribution in [2.75, 3.05) is 6.67 Å². The molecule has 0 aromatic heterocycles. The van der Waals surface area contributed by atoms with Gasteiger partial charge in [-0.2, -0.15) is 0 Å².